The van der Waals surface area contributed by atoms with Crippen LogP contribution in [0.15, 0.2) is 66.1 Å². The third kappa shape index (κ3) is 5.81. The first kappa shape index (κ1) is 23.6. The lowest BCUT2D eigenvalue weighted by molar-refractivity contribution is -0.137. The molecule has 7 nitrogen and oxygen atoms in total. The Bertz CT molecular complexity index is 1220. The summed E-state index contributed by atoms with van der Waals surface area (Å²) in [6, 6.07) is 8.08. The van der Waals surface area contributed by atoms with Crippen LogP contribution in [0.1, 0.15) is 11.1 Å². The zero-order chi connectivity index (χ0) is 23.4. The molecule has 168 valence electrons. The number of aromatic nitrogens is 2. The molecule has 0 bridgehead atoms. The molecule has 0 radical (unpaired) electrons. The van der Waals surface area contributed by atoms with E-state index in [0.717, 1.165) is 18.2 Å². The molecule has 1 aromatic heterocycles. The molecule has 1 amide bonds. The molecule has 32 heavy (non-hydrogen) atoms. The van der Waals surface area contributed by atoms with Crippen LogP contribution in [0.2, 0.25) is 5.02 Å². The van der Waals surface area contributed by atoms with Crippen LogP contribution in [-0.2, 0) is 27.5 Å². The fourth-order valence-corrected chi connectivity index (χ4v) is 4.18. The third-order valence-corrected chi connectivity index (χ3v) is 6.08. The molecule has 2 N–H and O–H groups in total. The van der Waals surface area contributed by atoms with Crippen LogP contribution in [0.25, 0.3) is 11.1 Å². The van der Waals surface area contributed by atoms with Gasteiger partial charge in [-0.25, -0.2) is 23.1 Å². The summed E-state index contributed by atoms with van der Waals surface area (Å²) in [5.41, 5.74) is -0.483. The van der Waals surface area contributed by atoms with E-state index in [1.54, 1.807) is 0 Å². The smallest absolute Gasteiger partial charge is 0.351 e. The molecule has 1 heterocycles. The molecule has 0 aliphatic rings. The largest absolute Gasteiger partial charge is 0.416 e. The van der Waals surface area contributed by atoms with E-state index in [9.17, 15) is 26.4 Å². The predicted octanol–water partition coefficient (Wildman–Crippen LogP) is 3.41. The first-order valence-electron chi connectivity index (χ1n) is 9.04. The van der Waals surface area contributed by atoms with Crippen LogP contribution in [0.5, 0.6) is 0 Å². The Kier molecular flexibility index (Phi) is 7.12. The zero-order valence-electron chi connectivity index (χ0n) is 16.2. The number of halogens is 4. The van der Waals surface area contributed by atoms with Gasteiger partial charge in [-0.2, -0.15) is 13.2 Å². The van der Waals surface area contributed by atoms with Crippen LogP contribution in [0.3, 0.4) is 0 Å². The van der Waals surface area contributed by atoms with Gasteiger partial charge >= 0.3 is 6.18 Å². The maximum atomic E-state index is 13.1. The SMILES string of the molecule is O=C(CNS(=O)(=O)c1ccccc1-c1cc(C(F)(F)F)ccc1Cl)NCc1cncnc1. The highest BCUT2D eigenvalue weighted by Crippen LogP contribution is 2.38. The highest BCUT2D eigenvalue weighted by Gasteiger charge is 2.31. The second-order valence-electron chi connectivity index (χ2n) is 6.54. The van der Waals surface area contributed by atoms with E-state index >= 15 is 0 Å². The number of nitrogens with one attached hydrogen (secondary N) is 2. The lowest BCUT2D eigenvalue weighted by Gasteiger charge is -2.15. The highest BCUT2D eigenvalue weighted by atomic mass is 35.5. The Morgan fingerprint density at radius 1 is 1.03 bits per heavy atom. The fraction of sp³-hybridized carbons (Fsp3) is 0.150. The van der Waals surface area contributed by atoms with Crippen molar-refractivity contribution in [2.45, 2.75) is 17.6 Å². The van der Waals surface area contributed by atoms with Gasteiger partial charge in [0.05, 0.1) is 17.0 Å². The lowest BCUT2D eigenvalue weighted by atomic mass is 10.0. The lowest BCUT2D eigenvalue weighted by Crippen LogP contribution is -2.36. The average molecular weight is 485 g/mol. The van der Waals surface area contributed by atoms with Crippen molar-refractivity contribution in [2.24, 2.45) is 0 Å². The summed E-state index contributed by atoms with van der Waals surface area (Å²) < 4.78 is 67.2. The molecule has 3 aromatic rings. The number of benzene rings is 2. The summed E-state index contributed by atoms with van der Waals surface area (Å²) in [6.45, 7) is -0.488. The van der Waals surface area contributed by atoms with Crippen molar-refractivity contribution in [3.05, 3.63) is 77.3 Å². The van der Waals surface area contributed by atoms with Gasteiger partial charge in [-0.1, -0.05) is 29.8 Å². The minimum absolute atomic E-state index is 0.0297. The molecule has 0 spiro atoms. The van der Waals surface area contributed by atoms with Crippen molar-refractivity contribution in [1.82, 2.24) is 20.0 Å². The molecular weight excluding hydrogens is 469 g/mol. The van der Waals surface area contributed by atoms with Gasteiger partial charge in [0.25, 0.3) is 0 Å². The zero-order valence-corrected chi connectivity index (χ0v) is 17.8. The van der Waals surface area contributed by atoms with Gasteiger partial charge < -0.3 is 5.32 Å². The van der Waals surface area contributed by atoms with Crippen LogP contribution in [0, 0.1) is 0 Å². The molecule has 3 rings (SSSR count). The third-order valence-electron chi connectivity index (χ3n) is 4.29. The fourth-order valence-electron chi connectivity index (χ4n) is 2.75. The Morgan fingerprint density at radius 3 is 2.41 bits per heavy atom. The first-order valence-corrected chi connectivity index (χ1v) is 10.9. The van der Waals surface area contributed by atoms with Crippen LogP contribution in [0.4, 0.5) is 13.2 Å². The van der Waals surface area contributed by atoms with E-state index in [1.165, 1.54) is 43.0 Å². The van der Waals surface area contributed by atoms with Crippen molar-refractivity contribution in [3.63, 3.8) is 0 Å². The summed E-state index contributed by atoms with van der Waals surface area (Å²) in [5.74, 6) is -0.619. The maximum Gasteiger partial charge on any atom is 0.416 e. The normalized spacial score (nSPS) is 11.9. The van der Waals surface area contributed by atoms with Crippen LogP contribution >= 0.6 is 11.6 Å². The predicted molar refractivity (Wildman–Crippen MR) is 111 cm³/mol. The van der Waals surface area contributed by atoms with Gasteiger partial charge in [0.2, 0.25) is 15.9 Å². The number of rotatable bonds is 7. The summed E-state index contributed by atoms with van der Waals surface area (Å²) in [6.07, 6.45) is -0.320. The Hall–Kier alpha value is -3.02. The van der Waals surface area contributed by atoms with E-state index in [-0.39, 0.29) is 27.6 Å². The van der Waals surface area contributed by atoms with Crippen LogP contribution < -0.4 is 10.0 Å². The van der Waals surface area contributed by atoms with Crippen molar-refractivity contribution in [1.29, 1.82) is 0 Å². The van der Waals surface area contributed by atoms with Crippen LogP contribution in [-0.4, -0.2) is 30.8 Å². The molecule has 0 atom stereocenters. The van der Waals surface area contributed by atoms with Gasteiger partial charge in [-0.15, -0.1) is 0 Å². The molecule has 0 aliphatic carbocycles. The number of amides is 1. The number of carbonyl (C=O) groups is 1. The van der Waals surface area contributed by atoms with E-state index in [2.05, 4.69) is 20.0 Å². The molecule has 0 saturated carbocycles. The molecule has 0 aliphatic heterocycles. The average Bonchev–Trinajstić information content (AvgIpc) is 2.76. The van der Waals surface area contributed by atoms with E-state index < -0.39 is 34.2 Å². The number of carbonyl (C=O) groups excluding carboxylic acids is 1. The Balaban J connectivity index is 1.81. The molecule has 12 heteroatoms. The quantitative estimate of drug-likeness (QED) is 0.535. The van der Waals surface area contributed by atoms with Gasteiger partial charge in [-0.3, -0.25) is 4.79 Å². The topological polar surface area (TPSA) is 101 Å². The van der Waals surface area contributed by atoms with E-state index in [0.29, 0.717) is 5.56 Å². The van der Waals surface area contributed by atoms with E-state index in [4.69, 9.17) is 11.6 Å². The monoisotopic (exact) mass is 484 g/mol. The molecule has 2 aromatic carbocycles. The number of hydrogen-bond donors (Lipinski definition) is 2. The second kappa shape index (κ2) is 9.63. The van der Waals surface area contributed by atoms with Crippen molar-refractivity contribution < 1.29 is 26.4 Å². The number of nitrogens with zero attached hydrogens (tertiary/aromatic N) is 2. The number of hydrogen-bond acceptors (Lipinski definition) is 5. The number of alkyl halides is 3. The minimum atomic E-state index is -4.63. The van der Waals surface area contributed by atoms with Gasteiger partial charge in [-0.05, 0) is 24.3 Å². The summed E-state index contributed by atoms with van der Waals surface area (Å²) >= 11 is 6.07. The minimum Gasteiger partial charge on any atom is -0.351 e. The Morgan fingerprint density at radius 2 is 1.72 bits per heavy atom. The molecular formula is C20H16ClF3N4O3S. The van der Waals surface area contributed by atoms with Gasteiger partial charge in [0.1, 0.15) is 6.33 Å². The standard InChI is InChI=1S/C20H16ClF3N4O3S/c21-17-6-5-14(20(22,23)24)7-16(17)15-3-1-2-4-18(15)32(30,31)28-11-19(29)27-10-13-8-25-12-26-9-13/h1-9,12,28H,10-11H2,(H,27,29). The molecule has 0 saturated heterocycles. The highest BCUT2D eigenvalue weighted by molar-refractivity contribution is 7.89. The second-order valence-corrected chi connectivity index (χ2v) is 8.68. The number of sulfonamides is 1. The molecule has 0 unspecified atom stereocenters. The van der Waals surface area contributed by atoms with Crippen molar-refractivity contribution in [2.75, 3.05) is 6.54 Å². The summed E-state index contributed by atoms with van der Waals surface area (Å²) in [7, 11) is -4.26. The summed E-state index contributed by atoms with van der Waals surface area (Å²) in [4.78, 5) is 19.3. The van der Waals surface area contributed by atoms with Crippen molar-refractivity contribution in [3.8, 4) is 11.1 Å². The van der Waals surface area contributed by atoms with Gasteiger partial charge in [0, 0.05) is 40.7 Å². The maximum absolute atomic E-state index is 13.1. The first-order chi connectivity index (χ1) is 15.1. The van der Waals surface area contributed by atoms with Crippen molar-refractivity contribution >= 4 is 27.5 Å². The molecule has 0 fully saturated rings. The van der Waals surface area contributed by atoms with E-state index in [1.807, 2.05) is 0 Å². The summed E-state index contributed by atoms with van der Waals surface area (Å²) in [5, 5.41) is 2.46. The Labute approximate surface area is 186 Å². The van der Waals surface area contributed by atoms with Gasteiger partial charge in [0.15, 0.2) is 0 Å².